The third-order valence-electron chi connectivity index (χ3n) is 0.632. The topological polar surface area (TPSA) is 17.1 Å². The van der Waals surface area contributed by atoms with Gasteiger partial charge in [-0.25, -0.2) is 0 Å². The predicted octanol–water partition coefficient (Wildman–Crippen LogP) is 0.613. The van der Waals surface area contributed by atoms with E-state index in [1.54, 1.807) is 0 Å². The van der Waals surface area contributed by atoms with Gasteiger partial charge in [-0.3, -0.25) is 0 Å². The summed E-state index contributed by atoms with van der Waals surface area (Å²) < 4.78 is 14.0. The van der Waals surface area contributed by atoms with Crippen molar-refractivity contribution in [1.29, 1.82) is 0 Å². The summed E-state index contributed by atoms with van der Waals surface area (Å²) >= 11 is -2.12. The fourth-order valence-electron chi connectivity index (χ4n) is 0.356. The third-order valence-corrected chi connectivity index (χ3v) is 3.61. The van der Waals surface area contributed by atoms with Crippen LogP contribution in [0.25, 0.3) is 0 Å². The van der Waals surface area contributed by atoms with Crippen molar-refractivity contribution in [3.8, 4) is 0 Å². The van der Waals surface area contributed by atoms with E-state index in [2.05, 4.69) is 0 Å². The zero-order chi connectivity index (χ0) is 4.41. The van der Waals surface area contributed by atoms with Gasteiger partial charge in [0, 0.05) is 0 Å². The van der Waals surface area contributed by atoms with Crippen LogP contribution in [0.2, 0.25) is 0 Å². The SMILES string of the molecule is [O]=[Sn]1[CH]=CC=[CH]1. The van der Waals surface area contributed by atoms with Gasteiger partial charge in [0.1, 0.15) is 0 Å². The first kappa shape index (κ1) is 4.24. The Morgan fingerprint density at radius 2 is 1.67 bits per heavy atom. The van der Waals surface area contributed by atoms with E-state index in [0.717, 1.165) is 0 Å². The second kappa shape index (κ2) is 1.69. The standard InChI is InChI=1S/C4H4.O.Sn/c1-3-4-2;;/h1-4H;;. The minimum atomic E-state index is -2.12. The molecule has 0 unspecified atom stereocenters. The molecule has 0 aliphatic carbocycles. The molecule has 1 heterocycles. The maximum atomic E-state index is 10.3. The average Bonchev–Trinajstić information content (AvgIpc) is 1.86. The van der Waals surface area contributed by atoms with Crippen LogP contribution in [0.4, 0.5) is 0 Å². The van der Waals surface area contributed by atoms with Crippen LogP contribution in [0, 0.1) is 0 Å². The first-order valence-electron chi connectivity index (χ1n) is 1.78. The molecule has 0 amide bonds. The van der Waals surface area contributed by atoms with E-state index >= 15 is 0 Å². The first-order valence-corrected chi connectivity index (χ1v) is 6.24. The van der Waals surface area contributed by atoms with Gasteiger partial charge in [-0.1, -0.05) is 0 Å². The molecule has 0 aromatic heterocycles. The van der Waals surface area contributed by atoms with Crippen molar-refractivity contribution >= 4 is 19.7 Å². The van der Waals surface area contributed by atoms with Gasteiger partial charge in [0.15, 0.2) is 0 Å². The summed E-state index contributed by atoms with van der Waals surface area (Å²) in [4.78, 5) is 0. The second-order valence-electron chi connectivity index (χ2n) is 1.12. The fraction of sp³-hybridized carbons (Fsp3) is 0. The number of hydrogen-bond donors (Lipinski definition) is 0. The molecule has 30 valence electrons. The third kappa shape index (κ3) is 0.772. The van der Waals surface area contributed by atoms with Crippen molar-refractivity contribution in [2.45, 2.75) is 0 Å². The first-order chi connectivity index (χ1) is 2.89. The molecule has 6 heavy (non-hydrogen) atoms. The normalized spacial score (nSPS) is 17.0. The monoisotopic (exact) mass is 188 g/mol. The van der Waals surface area contributed by atoms with Gasteiger partial charge < -0.3 is 0 Å². The van der Waals surface area contributed by atoms with Crippen LogP contribution >= 0.6 is 0 Å². The Kier molecular flexibility index (Phi) is 1.19. The van der Waals surface area contributed by atoms with E-state index in [1.807, 2.05) is 20.3 Å². The number of hydrogen-bond acceptors (Lipinski definition) is 1. The van der Waals surface area contributed by atoms with Crippen molar-refractivity contribution in [2.75, 3.05) is 0 Å². The van der Waals surface area contributed by atoms with Gasteiger partial charge in [-0.2, -0.15) is 0 Å². The summed E-state index contributed by atoms with van der Waals surface area (Å²) in [5.41, 5.74) is 0. The molecule has 0 saturated carbocycles. The number of allylic oxidation sites excluding steroid dienone is 2. The molecule has 1 aliphatic rings. The Morgan fingerprint density at radius 3 is 1.83 bits per heavy atom. The molecule has 2 heteroatoms. The van der Waals surface area contributed by atoms with Crippen molar-refractivity contribution in [1.82, 2.24) is 0 Å². The molecule has 0 saturated heterocycles. The summed E-state index contributed by atoms with van der Waals surface area (Å²) in [6.07, 6.45) is 3.70. The van der Waals surface area contributed by atoms with Gasteiger partial charge in [0.05, 0.1) is 0 Å². The number of rotatable bonds is 0. The van der Waals surface area contributed by atoms with Crippen molar-refractivity contribution in [2.24, 2.45) is 0 Å². The Balaban J connectivity index is 2.86. The molecular formula is C4H4OSn. The quantitative estimate of drug-likeness (QED) is 0.507. The van der Waals surface area contributed by atoms with Crippen molar-refractivity contribution in [3.05, 3.63) is 20.3 Å². The van der Waals surface area contributed by atoms with E-state index in [0.29, 0.717) is 0 Å². The Labute approximate surface area is 43.5 Å². The molecule has 0 bridgehead atoms. The molecule has 1 nitrogen and oxygen atoms in total. The summed E-state index contributed by atoms with van der Waals surface area (Å²) in [7, 11) is 0. The van der Waals surface area contributed by atoms with Gasteiger partial charge in [-0.05, 0) is 0 Å². The van der Waals surface area contributed by atoms with E-state index in [9.17, 15) is 3.08 Å². The summed E-state index contributed by atoms with van der Waals surface area (Å²) in [5.74, 6) is 0. The molecule has 0 spiro atoms. The molecule has 0 aromatic carbocycles. The molecule has 1 rings (SSSR count). The average molecular weight is 187 g/mol. The molecule has 1 aliphatic heterocycles. The van der Waals surface area contributed by atoms with Crippen molar-refractivity contribution in [3.63, 3.8) is 0 Å². The van der Waals surface area contributed by atoms with Gasteiger partial charge in [-0.15, -0.1) is 0 Å². The molecule has 0 atom stereocenters. The van der Waals surface area contributed by atoms with E-state index in [1.165, 1.54) is 0 Å². The molecular weight excluding hydrogens is 183 g/mol. The van der Waals surface area contributed by atoms with E-state index in [-0.39, 0.29) is 0 Å². The van der Waals surface area contributed by atoms with Crippen LogP contribution in [0.5, 0.6) is 0 Å². The minimum absolute atomic E-state index is 1.81. The summed E-state index contributed by atoms with van der Waals surface area (Å²) in [6.45, 7) is 0. The van der Waals surface area contributed by atoms with Gasteiger partial charge in [0.25, 0.3) is 0 Å². The van der Waals surface area contributed by atoms with E-state index < -0.39 is 19.7 Å². The van der Waals surface area contributed by atoms with Gasteiger partial charge >= 0.3 is 43.2 Å². The van der Waals surface area contributed by atoms with Crippen LogP contribution in [0.3, 0.4) is 0 Å². The zero-order valence-electron chi connectivity index (χ0n) is 3.22. The molecule has 0 radical (unpaired) electrons. The van der Waals surface area contributed by atoms with Crippen LogP contribution in [-0.4, -0.2) is 19.7 Å². The molecule has 0 N–H and O–H groups in total. The summed E-state index contributed by atoms with van der Waals surface area (Å²) in [5, 5.41) is 0. The maximum absolute atomic E-state index is 10.3. The fourth-order valence-corrected chi connectivity index (χ4v) is 2.39. The molecule has 0 aromatic rings. The zero-order valence-corrected chi connectivity index (χ0v) is 6.07. The van der Waals surface area contributed by atoms with E-state index in [4.69, 9.17) is 0 Å². The second-order valence-corrected chi connectivity index (χ2v) is 5.32. The Morgan fingerprint density at radius 1 is 1.17 bits per heavy atom. The predicted molar refractivity (Wildman–Crippen MR) is 24.7 cm³/mol. The molecule has 0 fully saturated rings. The summed E-state index contributed by atoms with van der Waals surface area (Å²) in [6, 6.07) is 0. The Hall–Kier alpha value is 0.0787. The van der Waals surface area contributed by atoms with Crippen LogP contribution in [-0.2, 0) is 3.08 Å². The van der Waals surface area contributed by atoms with Crippen LogP contribution in [0.1, 0.15) is 0 Å². The van der Waals surface area contributed by atoms with Gasteiger partial charge in [0.2, 0.25) is 0 Å². The van der Waals surface area contributed by atoms with Crippen molar-refractivity contribution < 1.29 is 3.08 Å². The Bertz CT molecular complexity index is 110. The van der Waals surface area contributed by atoms with Crippen LogP contribution < -0.4 is 0 Å². The van der Waals surface area contributed by atoms with Crippen LogP contribution in [0.15, 0.2) is 20.3 Å².